The zero-order valence-electron chi connectivity index (χ0n) is 20.3. The van der Waals surface area contributed by atoms with Gasteiger partial charge in [-0.05, 0) is 62.6 Å². The third-order valence-corrected chi connectivity index (χ3v) is 6.77. The molecular weight excluding hydrogens is 446 g/mol. The van der Waals surface area contributed by atoms with Gasteiger partial charge in [0.2, 0.25) is 0 Å². The molecule has 0 radical (unpaired) electrons. The van der Waals surface area contributed by atoms with E-state index < -0.39 is 0 Å². The fraction of sp³-hybridized carbons (Fsp3) is 0.444. The van der Waals surface area contributed by atoms with Crippen molar-refractivity contribution >= 4 is 22.6 Å². The average molecular weight is 480 g/mol. The Hall–Kier alpha value is -3.39. The van der Waals surface area contributed by atoms with Gasteiger partial charge in [-0.3, -0.25) is 0 Å². The van der Waals surface area contributed by atoms with Gasteiger partial charge >= 0.3 is 5.97 Å². The molecule has 5 rings (SSSR count). The van der Waals surface area contributed by atoms with Crippen molar-refractivity contribution in [2.45, 2.75) is 25.9 Å². The first kappa shape index (κ1) is 23.4. The highest BCUT2D eigenvalue weighted by Crippen LogP contribution is 2.39. The number of nitrogens with zero attached hydrogens (tertiary/aromatic N) is 1. The minimum absolute atomic E-state index is 0.0947. The Balaban J connectivity index is 1.14. The maximum atomic E-state index is 12.1. The number of benzene rings is 2. The van der Waals surface area contributed by atoms with Gasteiger partial charge in [-0.2, -0.15) is 0 Å². The first-order valence-corrected chi connectivity index (χ1v) is 12.4. The fourth-order valence-electron chi connectivity index (χ4n) is 4.91. The molecule has 2 N–H and O–H groups in total. The Morgan fingerprint density at radius 1 is 1.17 bits per heavy atom. The largest absolute Gasteiger partial charge is 0.495 e. The second kappa shape index (κ2) is 10.5. The number of aromatic amines is 1. The van der Waals surface area contributed by atoms with Crippen molar-refractivity contribution in [3.63, 3.8) is 0 Å². The molecule has 35 heavy (non-hydrogen) atoms. The first-order valence-electron chi connectivity index (χ1n) is 12.4. The van der Waals surface area contributed by atoms with Gasteiger partial charge in [0, 0.05) is 25.0 Å². The van der Waals surface area contributed by atoms with Crippen molar-refractivity contribution in [1.82, 2.24) is 10.3 Å². The molecule has 1 fully saturated rings. The Morgan fingerprint density at radius 3 is 2.80 bits per heavy atom. The second-order valence-electron chi connectivity index (χ2n) is 9.07. The maximum absolute atomic E-state index is 12.1. The van der Waals surface area contributed by atoms with Crippen LogP contribution in [0.25, 0.3) is 10.9 Å². The van der Waals surface area contributed by atoms with E-state index >= 15 is 0 Å². The quantitative estimate of drug-likeness (QED) is 0.473. The lowest BCUT2D eigenvalue weighted by atomic mass is 9.96. The lowest BCUT2D eigenvalue weighted by Gasteiger charge is -2.34. The van der Waals surface area contributed by atoms with E-state index in [0.717, 1.165) is 49.1 Å². The van der Waals surface area contributed by atoms with Crippen molar-refractivity contribution in [2.24, 2.45) is 5.92 Å². The van der Waals surface area contributed by atoms with Crippen LogP contribution in [-0.2, 0) is 4.74 Å². The molecule has 0 aliphatic carbocycles. The zero-order valence-corrected chi connectivity index (χ0v) is 20.3. The Labute approximate surface area is 205 Å². The van der Waals surface area contributed by atoms with E-state index in [2.05, 4.69) is 27.3 Å². The van der Waals surface area contributed by atoms with Gasteiger partial charge in [0.1, 0.15) is 24.2 Å². The number of para-hydroxylation sites is 2. The molecule has 2 aromatic carbocycles. The third-order valence-electron chi connectivity index (χ3n) is 6.77. The van der Waals surface area contributed by atoms with Gasteiger partial charge in [-0.15, -0.1) is 0 Å². The van der Waals surface area contributed by atoms with Gasteiger partial charge in [0.05, 0.1) is 24.9 Å². The van der Waals surface area contributed by atoms with E-state index in [-0.39, 0.29) is 12.1 Å². The van der Waals surface area contributed by atoms with E-state index in [1.54, 1.807) is 20.1 Å². The molecule has 8 heteroatoms. The van der Waals surface area contributed by atoms with E-state index in [4.69, 9.17) is 18.9 Å². The zero-order chi connectivity index (χ0) is 24.2. The number of carbonyl (C=O) groups excluding carboxylic acids is 1. The van der Waals surface area contributed by atoms with Crippen LogP contribution in [0.2, 0.25) is 0 Å². The fourth-order valence-corrected chi connectivity index (χ4v) is 4.91. The molecule has 0 amide bonds. The van der Waals surface area contributed by atoms with Crippen LogP contribution in [0.1, 0.15) is 30.3 Å². The van der Waals surface area contributed by atoms with Crippen LogP contribution >= 0.6 is 0 Å². The summed E-state index contributed by atoms with van der Waals surface area (Å²) in [5, 5.41) is 4.42. The van der Waals surface area contributed by atoms with Gasteiger partial charge in [-0.25, -0.2) is 4.79 Å². The smallest absolute Gasteiger partial charge is 0.354 e. The van der Waals surface area contributed by atoms with Gasteiger partial charge in [0.15, 0.2) is 11.5 Å². The summed E-state index contributed by atoms with van der Waals surface area (Å²) >= 11 is 0. The van der Waals surface area contributed by atoms with Crippen molar-refractivity contribution in [1.29, 1.82) is 0 Å². The highest BCUT2D eigenvalue weighted by molar-refractivity contribution is 5.98. The highest BCUT2D eigenvalue weighted by Gasteiger charge is 2.26. The predicted molar refractivity (Wildman–Crippen MR) is 135 cm³/mol. The molecule has 3 heterocycles. The standard InChI is InChI=1S/C27H33N3O5/c1-3-33-27(31)22-14-20-21(29-22)8-9-25-26(20)35-19(17-34-25)16-28-15-18-10-12-30(13-11-18)23-6-4-5-7-24(23)32-2/h4-9,14,18-19,28-29H,3,10-13,15-17H2,1-2H3. The number of aromatic nitrogens is 1. The highest BCUT2D eigenvalue weighted by atomic mass is 16.6. The Morgan fingerprint density at radius 2 is 2.00 bits per heavy atom. The van der Waals surface area contributed by atoms with Crippen LogP contribution in [0.5, 0.6) is 17.2 Å². The van der Waals surface area contributed by atoms with Crippen LogP contribution < -0.4 is 24.4 Å². The van der Waals surface area contributed by atoms with Crippen molar-refractivity contribution in [3.8, 4) is 17.2 Å². The molecule has 2 aliphatic rings. The molecule has 1 atom stereocenters. The third kappa shape index (κ3) is 5.03. The lowest BCUT2D eigenvalue weighted by Crippen LogP contribution is -2.42. The molecular formula is C27H33N3O5. The number of hydrogen-bond acceptors (Lipinski definition) is 7. The SMILES string of the molecule is CCOC(=O)c1cc2c3c(ccc2[nH]1)OCC(CNCC1CCN(c2ccccc2OC)CC1)O3. The number of H-pyrrole nitrogens is 1. The van der Waals surface area contributed by atoms with Crippen molar-refractivity contribution < 1.29 is 23.7 Å². The van der Waals surface area contributed by atoms with E-state index in [9.17, 15) is 4.79 Å². The summed E-state index contributed by atoms with van der Waals surface area (Å²) in [7, 11) is 1.73. The molecule has 1 unspecified atom stereocenters. The van der Waals surface area contributed by atoms with Crippen molar-refractivity contribution in [3.05, 3.63) is 48.2 Å². The number of anilines is 1. The summed E-state index contributed by atoms with van der Waals surface area (Å²) in [4.78, 5) is 17.7. The summed E-state index contributed by atoms with van der Waals surface area (Å²) in [6.07, 6.45) is 2.18. The van der Waals surface area contributed by atoms with Gasteiger partial charge in [0.25, 0.3) is 0 Å². The predicted octanol–water partition coefficient (Wildman–Crippen LogP) is 4.00. The summed E-state index contributed by atoms with van der Waals surface area (Å²) in [5.41, 5.74) is 2.42. The number of rotatable bonds is 8. The molecule has 2 aliphatic heterocycles. The molecule has 0 bridgehead atoms. The summed E-state index contributed by atoms with van der Waals surface area (Å²) in [5.74, 6) is 2.57. The number of fused-ring (bicyclic) bond motifs is 3. The van der Waals surface area contributed by atoms with Gasteiger partial charge in [-0.1, -0.05) is 12.1 Å². The van der Waals surface area contributed by atoms with Crippen LogP contribution in [0.4, 0.5) is 5.69 Å². The second-order valence-corrected chi connectivity index (χ2v) is 9.07. The van der Waals surface area contributed by atoms with Crippen molar-refractivity contribution in [2.75, 3.05) is 51.4 Å². The number of hydrogen-bond donors (Lipinski definition) is 2. The molecule has 186 valence electrons. The Kier molecular flexibility index (Phi) is 6.99. The van der Waals surface area contributed by atoms with Gasteiger partial charge < -0.3 is 34.1 Å². The molecule has 1 aromatic heterocycles. The molecule has 3 aromatic rings. The minimum atomic E-state index is -0.371. The number of carbonyl (C=O) groups is 1. The molecule has 0 spiro atoms. The summed E-state index contributed by atoms with van der Waals surface area (Å²) < 4.78 is 22.9. The van der Waals surface area contributed by atoms with Crippen LogP contribution in [0.3, 0.4) is 0 Å². The lowest BCUT2D eigenvalue weighted by molar-refractivity contribution is 0.0520. The molecule has 8 nitrogen and oxygen atoms in total. The molecule has 0 saturated carbocycles. The van der Waals surface area contributed by atoms with E-state index in [1.165, 1.54) is 5.69 Å². The van der Waals surface area contributed by atoms with E-state index in [0.29, 0.717) is 42.9 Å². The summed E-state index contributed by atoms with van der Waals surface area (Å²) in [6.45, 7) is 6.33. The van der Waals surface area contributed by atoms with Crippen LogP contribution in [0, 0.1) is 5.92 Å². The Bertz CT molecular complexity index is 1170. The van der Waals surface area contributed by atoms with Crippen LogP contribution in [-0.4, -0.2) is 63.6 Å². The minimum Gasteiger partial charge on any atom is -0.495 e. The molecule has 1 saturated heterocycles. The van der Waals surface area contributed by atoms with E-state index in [1.807, 2.05) is 24.3 Å². The van der Waals surface area contributed by atoms with Crippen LogP contribution in [0.15, 0.2) is 42.5 Å². The number of ether oxygens (including phenoxy) is 4. The maximum Gasteiger partial charge on any atom is 0.354 e. The monoisotopic (exact) mass is 479 g/mol. The normalized spacial score (nSPS) is 18.0. The first-order chi connectivity index (χ1) is 17.2. The average Bonchev–Trinajstić information content (AvgIpc) is 3.34. The summed E-state index contributed by atoms with van der Waals surface area (Å²) in [6, 6.07) is 13.8. The number of methoxy groups -OCH3 is 1. The number of nitrogens with one attached hydrogen (secondary N) is 2. The number of esters is 1. The number of piperidine rings is 1. The topological polar surface area (TPSA) is 85.1 Å².